The van der Waals surface area contributed by atoms with E-state index < -0.39 is 10.0 Å². The molecule has 27 heavy (non-hydrogen) atoms. The predicted octanol–water partition coefficient (Wildman–Crippen LogP) is 0.206. The number of morpholine rings is 1. The molecule has 2 saturated heterocycles. The number of hydrogen-bond acceptors (Lipinski definition) is 6. The molecule has 0 aliphatic carbocycles. The number of nitrogens with zero attached hydrogens (tertiary/aromatic N) is 1. The lowest BCUT2D eigenvalue weighted by Gasteiger charge is -2.26. The molecule has 1 unspecified atom stereocenters. The van der Waals surface area contributed by atoms with Crippen LogP contribution in [0.2, 0.25) is 0 Å². The second-order valence-corrected chi connectivity index (χ2v) is 8.49. The van der Waals surface area contributed by atoms with Crippen molar-refractivity contribution in [2.75, 3.05) is 52.5 Å². The molecule has 3 rings (SSSR count). The first-order valence-corrected chi connectivity index (χ1v) is 10.8. The van der Waals surface area contributed by atoms with E-state index in [0.29, 0.717) is 38.4 Å². The van der Waals surface area contributed by atoms with Gasteiger partial charge < -0.3 is 14.8 Å². The largest absolute Gasteiger partial charge is 0.379 e. The highest BCUT2D eigenvalue weighted by molar-refractivity contribution is 7.89. The Balaban J connectivity index is 1.53. The van der Waals surface area contributed by atoms with Gasteiger partial charge in [0.2, 0.25) is 10.0 Å². The minimum atomic E-state index is -3.66. The summed E-state index contributed by atoms with van der Waals surface area (Å²) in [5.74, 6) is -0.295. The zero-order chi connectivity index (χ0) is 19.1. The maximum atomic E-state index is 12.5. The third kappa shape index (κ3) is 5.98. The summed E-state index contributed by atoms with van der Waals surface area (Å²) in [7, 11) is -3.66. The van der Waals surface area contributed by atoms with E-state index in [2.05, 4.69) is 14.9 Å². The van der Waals surface area contributed by atoms with Crippen molar-refractivity contribution in [3.05, 3.63) is 29.8 Å². The molecule has 2 heterocycles. The van der Waals surface area contributed by atoms with Gasteiger partial charge >= 0.3 is 0 Å². The van der Waals surface area contributed by atoms with Crippen molar-refractivity contribution in [3.63, 3.8) is 0 Å². The summed E-state index contributed by atoms with van der Waals surface area (Å²) in [6.45, 7) is 5.08. The van der Waals surface area contributed by atoms with Gasteiger partial charge in [0.15, 0.2) is 0 Å². The van der Waals surface area contributed by atoms with E-state index >= 15 is 0 Å². The Morgan fingerprint density at radius 2 is 2.04 bits per heavy atom. The quantitative estimate of drug-likeness (QED) is 0.651. The lowest BCUT2D eigenvalue weighted by atomic mass is 10.2. The summed E-state index contributed by atoms with van der Waals surface area (Å²) in [6, 6.07) is 6.09. The highest BCUT2D eigenvalue weighted by atomic mass is 32.2. The van der Waals surface area contributed by atoms with Crippen LogP contribution in [0.25, 0.3) is 0 Å². The van der Waals surface area contributed by atoms with Crippen molar-refractivity contribution >= 4 is 15.9 Å². The standard InChI is InChI=1S/C18H27N3O5S/c22-18(19-14-16-4-2-10-26-16)15-3-1-5-17(13-15)27(23,24)20-6-7-21-8-11-25-12-9-21/h1,3,5,13,16,20H,2,4,6-12,14H2,(H,19,22). The fourth-order valence-corrected chi connectivity index (χ4v) is 4.23. The van der Waals surface area contributed by atoms with Crippen LogP contribution < -0.4 is 10.0 Å². The monoisotopic (exact) mass is 397 g/mol. The van der Waals surface area contributed by atoms with E-state index in [4.69, 9.17) is 9.47 Å². The Bertz CT molecular complexity index is 728. The van der Waals surface area contributed by atoms with Crippen molar-refractivity contribution in [2.24, 2.45) is 0 Å². The van der Waals surface area contributed by atoms with Gasteiger partial charge in [0.1, 0.15) is 0 Å². The van der Waals surface area contributed by atoms with E-state index in [1.54, 1.807) is 12.1 Å². The molecule has 0 bridgehead atoms. The molecule has 0 radical (unpaired) electrons. The van der Waals surface area contributed by atoms with E-state index in [-0.39, 0.29) is 16.9 Å². The number of carbonyl (C=O) groups is 1. The van der Waals surface area contributed by atoms with Gasteiger partial charge in [-0.05, 0) is 31.0 Å². The topological polar surface area (TPSA) is 97.0 Å². The molecular formula is C18H27N3O5S. The number of amides is 1. The Hall–Kier alpha value is -1.52. The van der Waals surface area contributed by atoms with Crippen LogP contribution in [-0.2, 0) is 19.5 Å². The van der Waals surface area contributed by atoms with Gasteiger partial charge in [-0.1, -0.05) is 6.07 Å². The molecule has 0 spiro atoms. The van der Waals surface area contributed by atoms with Gasteiger partial charge in [-0.3, -0.25) is 9.69 Å². The minimum absolute atomic E-state index is 0.0442. The number of ether oxygens (including phenoxy) is 2. The molecule has 1 aromatic rings. The maximum absolute atomic E-state index is 12.5. The van der Waals surface area contributed by atoms with E-state index in [0.717, 1.165) is 32.5 Å². The number of rotatable bonds is 8. The number of nitrogens with one attached hydrogen (secondary N) is 2. The smallest absolute Gasteiger partial charge is 0.251 e. The van der Waals surface area contributed by atoms with Gasteiger partial charge in [-0.2, -0.15) is 0 Å². The van der Waals surface area contributed by atoms with Crippen molar-refractivity contribution in [1.29, 1.82) is 0 Å². The maximum Gasteiger partial charge on any atom is 0.251 e. The lowest BCUT2D eigenvalue weighted by Crippen LogP contribution is -2.41. The zero-order valence-electron chi connectivity index (χ0n) is 15.4. The molecular weight excluding hydrogens is 370 g/mol. The SMILES string of the molecule is O=C(NCC1CCCO1)c1cccc(S(=O)(=O)NCCN2CCOCC2)c1. The van der Waals surface area contributed by atoms with E-state index in [1.165, 1.54) is 12.1 Å². The van der Waals surface area contributed by atoms with Gasteiger partial charge in [0.25, 0.3) is 5.91 Å². The number of hydrogen-bond donors (Lipinski definition) is 2. The summed E-state index contributed by atoms with van der Waals surface area (Å²) in [6.07, 6.45) is 1.98. The zero-order valence-corrected chi connectivity index (χ0v) is 16.2. The molecule has 2 fully saturated rings. The summed E-state index contributed by atoms with van der Waals surface area (Å²) in [5.41, 5.74) is 0.323. The molecule has 2 aliphatic heterocycles. The highest BCUT2D eigenvalue weighted by Gasteiger charge is 2.19. The number of benzene rings is 1. The predicted molar refractivity (Wildman–Crippen MR) is 100 cm³/mol. The molecule has 0 saturated carbocycles. The first kappa shape index (κ1) is 20.2. The first-order chi connectivity index (χ1) is 13.0. The second kappa shape index (κ2) is 9.61. The molecule has 2 aliphatic rings. The number of carbonyl (C=O) groups excluding carboxylic acids is 1. The molecule has 150 valence electrons. The van der Waals surface area contributed by atoms with Crippen LogP contribution in [0, 0.1) is 0 Å². The van der Waals surface area contributed by atoms with Crippen LogP contribution in [0.4, 0.5) is 0 Å². The lowest BCUT2D eigenvalue weighted by molar-refractivity contribution is 0.0390. The van der Waals surface area contributed by atoms with Gasteiger partial charge in [0, 0.05) is 44.9 Å². The van der Waals surface area contributed by atoms with Crippen molar-refractivity contribution in [2.45, 2.75) is 23.8 Å². The molecule has 8 nitrogen and oxygen atoms in total. The van der Waals surface area contributed by atoms with Crippen LogP contribution >= 0.6 is 0 Å². The Morgan fingerprint density at radius 3 is 2.78 bits per heavy atom. The third-order valence-corrected chi connectivity index (χ3v) is 6.20. The van der Waals surface area contributed by atoms with Crippen molar-refractivity contribution < 1.29 is 22.7 Å². The molecule has 1 amide bonds. The fraction of sp³-hybridized carbons (Fsp3) is 0.611. The summed E-state index contributed by atoms with van der Waals surface area (Å²) in [5, 5.41) is 2.81. The Morgan fingerprint density at radius 1 is 1.22 bits per heavy atom. The molecule has 1 aromatic carbocycles. The average Bonchev–Trinajstić information content (AvgIpc) is 3.20. The van der Waals surface area contributed by atoms with E-state index in [1.807, 2.05) is 0 Å². The van der Waals surface area contributed by atoms with Gasteiger partial charge in [0.05, 0.1) is 24.2 Å². The van der Waals surface area contributed by atoms with Crippen LogP contribution in [0.15, 0.2) is 29.2 Å². The molecule has 1 atom stereocenters. The summed E-state index contributed by atoms with van der Waals surface area (Å²) >= 11 is 0. The van der Waals surface area contributed by atoms with Crippen LogP contribution in [-0.4, -0.2) is 77.9 Å². The van der Waals surface area contributed by atoms with Gasteiger partial charge in [-0.15, -0.1) is 0 Å². The molecule has 0 aromatic heterocycles. The third-order valence-electron chi connectivity index (χ3n) is 4.74. The normalized spacial score (nSPS) is 21.3. The van der Waals surface area contributed by atoms with Crippen LogP contribution in [0.1, 0.15) is 23.2 Å². The van der Waals surface area contributed by atoms with Crippen molar-refractivity contribution in [3.8, 4) is 0 Å². The van der Waals surface area contributed by atoms with Gasteiger partial charge in [-0.25, -0.2) is 13.1 Å². The Labute approximate surface area is 160 Å². The first-order valence-electron chi connectivity index (χ1n) is 9.34. The minimum Gasteiger partial charge on any atom is -0.379 e. The molecule has 9 heteroatoms. The second-order valence-electron chi connectivity index (χ2n) is 6.72. The summed E-state index contributed by atoms with van der Waals surface area (Å²) < 4.78 is 38.4. The number of sulfonamides is 1. The van der Waals surface area contributed by atoms with Crippen molar-refractivity contribution in [1.82, 2.24) is 14.9 Å². The van der Waals surface area contributed by atoms with Crippen LogP contribution in [0.3, 0.4) is 0 Å². The summed E-state index contributed by atoms with van der Waals surface area (Å²) in [4.78, 5) is 14.5. The Kier molecular flexibility index (Phi) is 7.20. The highest BCUT2D eigenvalue weighted by Crippen LogP contribution is 2.13. The average molecular weight is 397 g/mol. The van der Waals surface area contributed by atoms with E-state index in [9.17, 15) is 13.2 Å². The molecule has 2 N–H and O–H groups in total. The fourth-order valence-electron chi connectivity index (χ4n) is 3.16. The van der Waals surface area contributed by atoms with Crippen LogP contribution in [0.5, 0.6) is 0 Å².